The lowest BCUT2D eigenvalue weighted by atomic mass is 10.1. The van der Waals surface area contributed by atoms with Gasteiger partial charge in [0.15, 0.2) is 0 Å². The van der Waals surface area contributed by atoms with Gasteiger partial charge in [-0.3, -0.25) is 4.79 Å². The molecule has 0 spiro atoms. The Morgan fingerprint density at radius 2 is 2.00 bits per heavy atom. The Morgan fingerprint density at radius 1 is 1.25 bits per heavy atom. The topological polar surface area (TPSA) is 55.3 Å². The summed E-state index contributed by atoms with van der Waals surface area (Å²) in [5.74, 6) is 0.120. The van der Waals surface area contributed by atoms with E-state index in [1.165, 1.54) is 11.3 Å². The monoisotopic (exact) mass is 289 g/mol. The lowest BCUT2D eigenvalue weighted by molar-refractivity contribution is 0.0583. The highest BCUT2D eigenvalue weighted by Crippen LogP contribution is 2.19. The van der Waals surface area contributed by atoms with Crippen molar-refractivity contribution >= 4 is 17.2 Å². The van der Waals surface area contributed by atoms with Gasteiger partial charge in [-0.2, -0.15) is 0 Å². The number of carbonyl (C=O) groups excluding carboxylic acids is 1. The van der Waals surface area contributed by atoms with Crippen LogP contribution in [-0.2, 0) is 0 Å². The molecule has 0 unspecified atom stereocenters. The predicted octanol–water partition coefficient (Wildman–Crippen LogP) is 2.22. The Labute approximate surface area is 121 Å². The molecule has 2 aromatic rings. The number of nitrogens with zero attached hydrogens (tertiary/aromatic N) is 3. The zero-order chi connectivity index (χ0) is 13.8. The van der Waals surface area contributed by atoms with Crippen molar-refractivity contribution in [2.45, 2.75) is 18.9 Å². The molecule has 0 aliphatic carbocycles. The van der Waals surface area contributed by atoms with Crippen molar-refractivity contribution in [2.24, 2.45) is 0 Å². The van der Waals surface area contributed by atoms with Crippen LogP contribution in [0.1, 0.15) is 22.5 Å². The first-order chi connectivity index (χ1) is 9.83. The van der Waals surface area contributed by atoms with Gasteiger partial charge < -0.3 is 9.64 Å². The third-order valence-corrected chi connectivity index (χ3v) is 4.13. The minimum atomic E-state index is 0.0878. The van der Waals surface area contributed by atoms with E-state index in [2.05, 4.69) is 9.97 Å². The van der Waals surface area contributed by atoms with E-state index in [1.54, 1.807) is 18.5 Å². The number of aromatic nitrogens is 2. The summed E-state index contributed by atoms with van der Waals surface area (Å²) >= 11 is 1.49. The maximum absolute atomic E-state index is 12.2. The Balaban J connectivity index is 1.53. The average molecular weight is 289 g/mol. The van der Waals surface area contributed by atoms with Crippen LogP contribution in [-0.4, -0.2) is 40.0 Å². The number of ether oxygens (including phenoxy) is 1. The maximum atomic E-state index is 12.2. The summed E-state index contributed by atoms with van der Waals surface area (Å²) in [6.45, 7) is 1.43. The Morgan fingerprint density at radius 3 is 2.65 bits per heavy atom. The fourth-order valence-corrected chi connectivity index (χ4v) is 2.92. The molecule has 6 heteroatoms. The van der Waals surface area contributed by atoms with Crippen molar-refractivity contribution in [3.8, 4) is 6.01 Å². The molecule has 1 aliphatic heterocycles. The standard InChI is InChI=1S/C14H15N3O2S/c18-13(12-3-1-10-20-12)17-8-4-11(5-9-17)19-14-15-6-2-7-16-14/h1-3,6-7,10-11H,4-5,8-9H2. The zero-order valence-corrected chi connectivity index (χ0v) is 11.8. The van der Waals surface area contributed by atoms with Crippen molar-refractivity contribution in [1.29, 1.82) is 0 Å². The van der Waals surface area contributed by atoms with Gasteiger partial charge in [0.1, 0.15) is 6.10 Å². The minimum Gasteiger partial charge on any atom is -0.460 e. The lowest BCUT2D eigenvalue weighted by Gasteiger charge is -2.31. The number of carbonyl (C=O) groups is 1. The van der Waals surface area contributed by atoms with E-state index in [9.17, 15) is 4.79 Å². The summed E-state index contributed by atoms with van der Waals surface area (Å²) in [5.41, 5.74) is 0. The fraction of sp³-hybridized carbons (Fsp3) is 0.357. The molecule has 1 saturated heterocycles. The van der Waals surface area contributed by atoms with Gasteiger partial charge in [-0.25, -0.2) is 9.97 Å². The molecule has 3 rings (SSSR count). The van der Waals surface area contributed by atoms with Crippen molar-refractivity contribution in [3.63, 3.8) is 0 Å². The molecule has 1 fully saturated rings. The van der Waals surface area contributed by atoms with Crippen LogP contribution < -0.4 is 4.74 Å². The Bertz CT molecular complexity index is 551. The quantitative estimate of drug-likeness (QED) is 0.869. The highest BCUT2D eigenvalue weighted by Gasteiger charge is 2.25. The van der Waals surface area contributed by atoms with Gasteiger partial charge in [0.05, 0.1) is 4.88 Å². The van der Waals surface area contributed by atoms with E-state index in [1.807, 2.05) is 22.4 Å². The van der Waals surface area contributed by atoms with E-state index in [0.29, 0.717) is 19.1 Å². The molecule has 5 nitrogen and oxygen atoms in total. The number of rotatable bonds is 3. The smallest absolute Gasteiger partial charge is 0.316 e. The summed E-state index contributed by atoms with van der Waals surface area (Å²) in [6.07, 6.45) is 5.05. The number of piperidine rings is 1. The summed E-state index contributed by atoms with van der Waals surface area (Å²) < 4.78 is 5.72. The summed E-state index contributed by atoms with van der Waals surface area (Å²) in [5, 5.41) is 1.93. The Kier molecular flexibility index (Phi) is 3.92. The largest absolute Gasteiger partial charge is 0.460 e. The van der Waals surface area contributed by atoms with Crippen molar-refractivity contribution in [1.82, 2.24) is 14.9 Å². The first-order valence-electron chi connectivity index (χ1n) is 6.59. The van der Waals surface area contributed by atoms with Crippen molar-refractivity contribution < 1.29 is 9.53 Å². The lowest BCUT2D eigenvalue weighted by Crippen LogP contribution is -2.41. The normalized spacial score (nSPS) is 16.1. The van der Waals surface area contributed by atoms with Gasteiger partial charge in [0.2, 0.25) is 0 Å². The SMILES string of the molecule is O=C(c1cccs1)N1CCC(Oc2ncccn2)CC1. The zero-order valence-electron chi connectivity index (χ0n) is 10.9. The Hall–Kier alpha value is -1.95. The second kappa shape index (κ2) is 6.00. The van der Waals surface area contributed by atoms with Gasteiger partial charge in [-0.15, -0.1) is 11.3 Å². The van der Waals surface area contributed by atoms with Crippen molar-refractivity contribution in [2.75, 3.05) is 13.1 Å². The molecule has 0 radical (unpaired) electrons. The molecule has 0 aromatic carbocycles. The van der Waals surface area contributed by atoms with Gasteiger partial charge >= 0.3 is 6.01 Å². The first kappa shape index (κ1) is 13.1. The van der Waals surface area contributed by atoms with Crippen LogP contribution in [0.5, 0.6) is 6.01 Å². The number of hydrogen-bond donors (Lipinski definition) is 0. The number of hydrogen-bond acceptors (Lipinski definition) is 5. The molecular formula is C14H15N3O2S. The van der Waals surface area contributed by atoms with E-state index < -0.39 is 0 Å². The molecule has 0 atom stereocenters. The number of thiophene rings is 1. The third kappa shape index (κ3) is 2.96. The van der Waals surface area contributed by atoms with E-state index in [4.69, 9.17) is 4.74 Å². The summed E-state index contributed by atoms with van der Waals surface area (Å²) in [6, 6.07) is 5.94. The molecule has 3 heterocycles. The van der Waals surface area contributed by atoms with E-state index >= 15 is 0 Å². The average Bonchev–Trinajstić information content (AvgIpc) is 3.03. The van der Waals surface area contributed by atoms with Crippen LogP contribution in [0.3, 0.4) is 0 Å². The van der Waals surface area contributed by atoms with Crippen LogP contribution in [0.2, 0.25) is 0 Å². The van der Waals surface area contributed by atoms with Crippen LogP contribution in [0.4, 0.5) is 0 Å². The fourth-order valence-electron chi connectivity index (χ4n) is 2.23. The molecule has 0 bridgehead atoms. The van der Waals surface area contributed by atoms with Crippen molar-refractivity contribution in [3.05, 3.63) is 40.8 Å². The molecule has 0 saturated carbocycles. The van der Waals surface area contributed by atoms with E-state index in [0.717, 1.165) is 17.7 Å². The van der Waals surface area contributed by atoms with Gasteiger partial charge in [0, 0.05) is 38.3 Å². The molecule has 1 amide bonds. The second-order valence-electron chi connectivity index (χ2n) is 4.62. The van der Waals surface area contributed by atoms with Gasteiger partial charge in [-0.1, -0.05) is 6.07 Å². The third-order valence-electron chi connectivity index (χ3n) is 3.28. The minimum absolute atomic E-state index is 0.0878. The molecule has 104 valence electrons. The maximum Gasteiger partial charge on any atom is 0.316 e. The van der Waals surface area contributed by atoms with Crippen LogP contribution in [0.25, 0.3) is 0 Å². The van der Waals surface area contributed by atoms with E-state index in [-0.39, 0.29) is 12.0 Å². The first-order valence-corrected chi connectivity index (χ1v) is 7.47. The highest BCUT2D eigenvalue weighted by atomic mass is 32.1. The molecule has 1 aliphatic rings. The second-order valence-corrected chi connectivity index (χ2v) is 5.57. The molecule has 20 heavy (non-hydrogen) atoms. The van der Waals surface area contributed by atoms with Gasteiger partial charge in [0.25, 0.3) is 5.91 Å². The summed E-state index contributed by atoms with van der Waals surface area (Å²) in [4.78, 5) is 23.0. The molecule has 2 aromatic heterocycles. The summed E-state index contributed by atoms with van der Waals surface area (Å²) in [7, 11) is 0. The highest BCUT2D eigenvalue weighted by molar-refractivity contribution is 7.12. The van der Waals surface area contributed by atoms with Crippen LogP contribution in [0, 0.1) is 0 Å². The number of amides is 1. The molecular weight excluding hydrogens is 274 g/mol. The molecule has 0 N–H and O–H groups in total. The van der Waals surface area contributed by atoms with Crippen LogP contribution in [0.15, 0.2) is 36.0 Å². The van der Waals surface area contributed by atoms with Crippen LogP contribution >= 0.6 is 11.3 Å². The predicted molar refractivity (Wildman–Crippen MR) is 75.9 cm³/mol. The van der Waals surface area contributed by atoms with Gasteiger partial charge in [-0.05, 0) is 17.5 Å². The number of likely N-dealkylation sites (tertiary alicyclic amines) is 1.